The van der Waals surface area contributed by atoms with Crippen LogP contribution in [0, 0.1) is 6.92 Å². The molecule has 0 bridgehead atoms. The van der Waals surface area contributed by atoms with Crippen LogP contribution in [-0.4, -0.2) is 41.3 Å². The second-order valence-electron chi connectivity index (χ2n) is 6.66. The van der Waals surface area contributed by atoms with Gasteiger partial charge in [-0.1, -0.05) is 35.3 Å². The third-order valence-corrected chi connectivity index (χ3v) is 4.75. The van der Waals surface area contributed by atoms with Crippen molar-refractivity contribution in [2.75, 3.05) is 41.8 Å². The van der Waals surface area contributed by atoms with E-state index in [9.17, 15) is 0 Å². The molecule has 2 N–H and O–H groups in total. The SMILES string of the molecule is Cc1cccc(Nc2nc(Nc3cc(Cl)cc(Cl)c3)nc(N3CCOCC3)n2)c1. The fraction of sp³-hybridized carbons (Fsp3) is 0.250. The third kappa shape index (κ3) is 5.26. The lowest BCUT2D eigenvalue weighted by molar-refractivity contribution is 0.122. The molecule has 1 aromatic heterocycles. The summed E-state index contributed by atoms with van der Waals surface area (Å²) < 4.78 is 5.44. The van der Waals surface area contributed by atoms with Crippen LogP contribution in [0.4, 0.5) is 29.2 Å². The van der Waals surface area contributed by atoms with Crippen molar-refractivity contribution in [1.82, 2.24) is 15.0 Å². The summed E-state index contributed by atoms with van der Waals surface area (Å²) in [6.45, 7) is 4.75. The molecular formula is C20H20Cl2N6O. The summed E-state index contributed by atoms with van der Waals surface area (Å²) in [5.74, 6) is 1.42. The predicted molar refractivity (Wildman–Crippen MR) is 117 cm³/mol. The van der Waals surface area contributed by atoms with Crippen molar-refractivity contribution in [1.29, 1.82) is 0 Å². The van der Waals surface area contributed by atoms with Gasteiger partial charge in [0.1, 0.15) is 0 Å². The van der Waals surface area contributed by atoms with E-state index in [2.05, 4.69) is 30.5 Å². The van der Waals surface area contributed by atoms with E-state index in [0.29, 0.717) is 46.8 Å². The van der Waals surface area contributed by atoms with E-state index in [1.54, 1.807) is 18.2 Å². The summed E-state index contributed by atoms with van der Waals surface area (Å²) in [6, 6.07) is 13.2. The average Bonchev–Trinajstić information content (AvgIpc) is 2.68. The highest BCUT2D eigenvalue weighted by molar-refractivity contribution is 6.35. The zero-order valence-corrected chi connectivity index (χ0v) is 17.3. The van der Waals surface area contributed by atoms with E-state index in [1.807, 2.05) is 31.2 Å². The van der Waals surface area contributed by atoms with E-state index in [0.717, 1.165) is 24.3 Å². The Morgan fingerprint density at radius 2 is 1.52 bits per heavy atom. The smallest absolute Gasteiger partial charge is 0.233 e. The summed E-state index contributed by atoms with van der Waals surface area (Å²) in [4.78, 5) is 15.8. The molecule has 150 valence electrons. The van der Waals surface area contributed by atoms with Gasteiger partial charge in [0.2, 0.25) is 17.8 Å². The maximum absolute atomic E-state index is 6.11. The second-order valence-corrected chi connectivity index (χ2v) is 7.53. The minimum Gasteiger partial charge on any atom is -0.378 e. The number of ether oxygens (including phenoxy) is 1. The van der Waals surface area contributed by atoms with Crippen LogP contribution in [0.1, 0.15) is 5.56 Å². The van der Waals surface area contributed by atoms with E-state index in [1.165, 1.54) is 0 Å². The lowest BCUT2D eigenvalue weighted by atomic mass is 10.2. The Balaban J connectivity index is 1.67. The van der Waals surface area contributed by atoms with Crippen LogP contribution < -0.4 is 15.5 Å². The number of anilines is 5. The van der Waals surface area contributed by atoms with Crippen molar-refractivity contribution in [3.05, 3.63) is 58.1 Å². The lowest BCUT2D eigenvalue weighted by Gasteiger charge is -2.27. The van der Waals surface area contributed by atoms with Crippen LogP contribution in [0.2, 0.25) is 10.0 Å². The standard InChI is InChI=1S/C20H20Cl2N6O/c1-13-3-2-4-16(9-13)23-18-25-19(24-17-11-14(21)10-15(22)12-17)27-20(26-18)28-5-7-29-8-6-28/h2-4,9-12H,5-8H2,1H3,(H2,23,24,25,26,27). The molecule has 29 heavy (non-hydrogen) atoms. The van der Waals surface area contributed by atoms with Gasteiger partial charge in [-0.15, -0.1) is 0 Å². The van der Waals surface area contributed by atoms with Gasteiger partial charge in [-0.3, -0.25) is 0 Å². The zero-order valence-electron chi connectivity index (χ0n) is 15.8. The molecule has 1 aliphatic heterocycles. The summed E-state index contributed by atoms with van der Waals surface area (Å²) in [6.07, 6.45) is 0. The van der Waals surface area contributed by atoms with E-state index >= 15 is 0 Å². The number of hydrogen-bond donors (Lipinski definition) is 2. The van der Waals surface area contributed by atoms with E-state index < -0.39 is 0 Å². The minimum absolute atomic E-state index is 0.398. The Morgan fingerprint density at radius 1 is 0.862 bits per heavy atom. The van der Waals surface area contributed by atoms with Crippen molar-refractivity contribution >= 4 is 52.4 Å². The highest BCUT2D eigenvalue weighted by atomic mass is 35.5. The maximum atomic E-state index is 6.11. The van der Waals surface area contributed by atoms with Crippen molar-refractivity contribution in [3.63, 3.8) is 0 Å². The van der Waals surface area contributed by atoms with Gasteiger partial charge in [-0.2, -0.15) is 15.0 Å². The van der Waals surface area contributed by atoms with Crippen molar-refractivity contribution in [3.8, 4) is 0 Å². The first-order valence-electron chi connectivity index (χ1n) is 9.21. The molecule has 0 amide bonds. The van der Waals surface area contributed by atoms with Crippen LogP contribution in [0.5, 0.6) is 0 Å². The molecule has 0 unspecified atom stereocenters. The van der Waals surface area contributed by atoms with Crippen molar-refractivity contribution in [2.45, 2.75) is 6.92 Å². The molecule has 0 saturated carbocycles. The molecule has 0 atom stereocenters. The number of halogens is 2. The molecule has 0 aliphatic carbocycles. The summed E-state index contributed by atoms with van der Waals surface area (Å²) >= 11 is 12.2. The number of aromatic nitrogens is 3. The van der Waals surface area contributed by atoms with Crippen LogP contribution in [0.15, 0.2) is 42.5 Å². The number of aryl methyl sites for hydroxylation is 1. The predicted octanol–water partition coefficient (Wildman–Crippen LogP) is 4.81. The van der Waals surface area contributed by atoms with E-state index in [4.69, 9.17) is 27.9 Å². The molecule has 0 radical (unpaired) electrons. The maximum Gasteiger partial charge on any atom is 0.233 e. The van der Waals surface area contributed by atoms with Gasteiger partial charge in [-0.25, -0.2) is 0 Å². The van der Waals surface area contributed by atoms with Gasteiger partial charge in [-0.05, 0) is 42.8 Å². The monoisotopic (exact) mass is 430 g/mol. The van der Waals surface area contributed by atoms with E-state index in [-0.39, 0.29) is 0 Å². The largest absolute Gasteiger partial charge is 0.378 e. The first-order chi connectivity index (χ1) is 14.0. The average molecular weight is 431 g/mol. The van der Waals surface area contributed by atoms with Crippen molar-refractivity contribution in [2.24, 2.45) is 0 Å². The Labute approximate surface area is 179 Å². The number of nitrogens with one attached hydrogen (secondary N) is 2. The molecule has 0 spiro atoms. The molecule has 2 heterocycles. The molecule has 4 rings (SSSR count). The van der Waals surface area contributed by atoms with Crippen LogP contribution >= 0.6 is 23.2 Å². The van der Waals surface area contributed by atoms with Crippen LogP contribution in [0.3, 0.4) is 0 Å². The topological polar surface area (TPSA) is 75.2 Å². The van der Waals surface area contributed by atoms with Gasteiger partial charge in [0.15, 0.2) is 0 Å². The summed E-state index contributed by atoms with van der Waals surface area (Å²) in [7, 11) is 0. The Hall–Kier alpha value is -2.61. The van der Waals surface area contributed by atoms with Crippen LogP contribution in [-0.2, 0) is 4.74 Å². The fourth-order valence-corrected chi connectivity index (χ4v) is 3.51. The Morgan fingerprint density at radius 3 is 2.17 bits per heavy atom. The molecule has 2 aromatic carbocycles. The number of rotatable bonds is 5. The number of morpholine rings is 1. The van der Waals surface area contributed by atoms with Gasteiger partial charge < -0.3 is 20.3 Å². The molecule has 7 nitrogen and oxygen atoms in total. The lowest BCUT2D eigenvalue weighted by Crippen LogP contribution is -2.37. The minimum atomic E-state index is 0.398. The normalized spacial score (nSPS) is 14.0. The molecule has 1 saturated heterocycles. The van der Waals surface area contributed by atoms with Gasteiger partial charge in [0.05, 0.1) is 13.2 Å². The van der Waals surface area contributed by atoms with Crippen LogP contribution in [0.25, 0.3) is 0 Å². The molecule has 9 heteroatoms. The van der Waals surface area contributed by atoms with Gasteiger partial charge in [0, 0.05) is 34.5 Å². The first-order valence-corrected chi connectivity index (χ1v) is 9.96. The molecule has 1 fully saturated rings. The third-order valence-electron chi connectivity index (χ3n) is 4.31. The molecule has 3 aromatic rings. The number of benzene rings is 2. The Bertz CT molecular complexity index is 990. The highest BCUT2D eigenvalue weighted by Crippen LogP contribution is 2.26. The molecular weight excluding hydrogens is 411 g/mol. The Kier molecular flexibility index (Phi) is 5.99. The first kappa shape index (κ1) is 19.7. The van der Waals surface area contributed by atoms with Crippen molar-refractivity contribution < 1.29 is 4.74 Å². The summed E-state index contributed by atoms with van der Waals surface area (Å²) in [5.41, 5.74) is 2.74. The second kappa shape index (κ2) is 8.82. The fourth-order valence-electron chi connectivity index (χ4n) is 2.99. The zero-order chi connectivity index (χ0) is 20.2. The molecule has 1 aliphatic rings. The number of hydrogen-bond acceptors (Lipinski definition) is 7. The quantitative estimate of drug-likeness (QED) is 0.601. The summed E-state index contributed by atoms with van der Waals surface area (Å²) in [5, 5.41) is 7.49. The highest BCUT2D eigenvalue weighted by Gasteiger charge is 2.17. The van der Waals surface area contributed by atoms with Gasteiger partial charge in [0.25, 0.3) is 0 Å². The van der Waals surface area contributed by atoms with Gasteiger partial charge >= 0.3 is 0 Å². The number of nitrogens with zero attached hydrogens (tertiary/aromatic N) is 4.